The average Bonchev–Trinajstić information content (AvgIpc) is 2.92. The third-order valence-corrected chi connectivity index (χ3v) is 7.49. The second-order valence-corrected chi connectivity index (χ2v) is 11.7. The molecule has 0 fully saturated rings. The van der Waals surface area contributed by atoms with Crippen molar-refractivity contribution in [1.29, 1.82) is 0 Å². The van der Waals surface area contributed by atoms with Gasteiger partial charge < -0.3 is 9.64 Å². The van der Waals surface area contributed by atoms with Crippen molar-refractivity contribution in [2.75, 3.05) is 20.6 Å². The summed E-state index contributed by atoms with van der Waals surface area (Å²) in [6, 6.07) is 0. The topological polar surface area (TPSA) is 29.5 Å². The van der Waals surface area contributed by atoms with E-state index < -0.39 is 0 Å². The molecular weight excluding hydrogens is 478 g/mol. The molecule has 0 rings (SSSR count). The first kappa shape index (κ1) is 37.6. The Bertz CT molecular complexity index is 583. The lowest BCUT2D eigenvalue weighted by Gasteiger charge is -2.27. The fourth-order valence-electron chi connectivity index (χ4n) is 4.96. The number of unbranched alkanes of at least 4 members (excludes halogenated alkanes) is 10. The molecule has 0 radical (unpaired) electrons. The van der Waals surface area contributed by atoms with Gasteiger partial charge in [0.05, 0.1) is 0 Å². The van der Waals surface area contributed by atoms with Crippen LogP contribution >= 0.6 is 0 Å². The van der Waals surface area contributed by atoms with E-state index in [0.717, 1.165) is 57.9 Å². The first-order chi connectivity index (χ1) is 19.0. The molecule has 39 heavy (non-hydrogen) atoms. The van der Waals surface area contributed by atoms with Gasteiger partial charge in [-0.2, -0.15) is 0 Å². The lowest BCUT2D eigenvalue weighted by molar-refractivity contribution is -0.152. The molecule has 0 bridgehead atoms. The van der Waals surface area contributed by atoms with Crippen molar-refractivity contribution >= 4 is 5.97 Å². The fourth-order valence-corrected chi connectivity index (χ4v) is 4.96. The van der Waals surface area contributed by atoms with Gasteiger partial charge in [-0.1, -0.05) is 95.8 Å². The van der Waals surface area contributed by atoms with Crippen LogP contribution in [0.15, 0.2) is 36.5 Å². The smallest absolute Gasteiger partial charge is 0.306 e. The zero-order valence-corrected chi connectivity index (χ0v) is 26.9. The fraction of sp³-hybridized carbons (Fsp3) is 0.806. The zero-order chi connectivity index (χ0) is 28.8. The summed E-state index contributed by atoms with van der Waals surface area (Å²) in [6.07, 6.45) is 38.1. The molecule has 0 N–H and O–H groups in total. The summed E-state index contributed by atoms with van der Waals surface area (Å²) in [5, 5.41) is 0. The number of carbonyl (C=O) groups is 1. The Morgan fingerprint density at radius 1 is 0.590 bits per heavy atom. The minimum Gasteiger partial charge on any atom is -0.462 e. The lowest BCUT2D eigenvalue weighted by Crippen LogP contribution is -2.27. The Kier molecular flexibility index (Phi) is 28.6. The highest BCUT2D eigenvalue weighted by Gasteiger charge is 2.24. The predicted octanol–water partition coefficient (Wildman–Crippen LogP) is 11.0. The molecule has 228 valence electrons. The number of esters is 1. The number of hydrogen-bond acceptors (Lipinski definition) is 3. The van der Waals surface area contributed by atoms with E-state index in [0.29, 0.717) is 12.3 Å². The molecule has 0 aromatic heterocycles. The van der Waals surface area contributed by atoms with Gasteiger partial charge in [-0.15, -0.1) is 0 Å². The molecule has 0 spiro atoms. The van der Waals surface area contributed by atoms with Gasteiger partial charge in [0.2, 0.25) is 0 Å². The van der Waals surface area contributed by atoms with Gasteiger partial charge in [-0.25, -0.2) is 0 Å². The Labute approximate surface area is 244 Å². The monoisotopic (exact) mass is 546 g/mol. The Balaban J connectivity index is 5.16. The van der Waals surface area contributed by atoms with Crippen molar-refractivity contribution in [2.24, 2.45) is 5.92 Å². The van der Waals surface area contributed by atoms with Gasteiger partial charge >= 0.3 is 5.97 Å². The summed E-state index contributed by atoms with van der Waals surface area (Å²) in [4.78, 5) is 15.1. The molecule has 1 unspecified atom stereocenters. The molecule has 3 heteroatoms. The third-order valence-electron chi connectivity index (χ3n) is 7.49. The molecule has 3 nitrogen and oxygen atoms in total. The Hall–Kier alpha value is -1.35. The number of nitrogens with zero attached hydrogens (tertiary/aromatic N) is 1. The highest BCUT2D eigenvalue weighted by atomic mass is 16.5. The van der Waals surface area contributed by atoms with E-state index in [1.165, 1.54) is 77.0 Å². The summed E-state index contributed by atoms with van der Waals surface area (Å²) in [7, 11) is 4.18. The minimum atomic E-state index is 0.000830. The highest BCUT2D eigenvalue weighted by molar-refractivity contribution is 5.69. The van der Waals surface area contributed by atoms with Crippen molar-refractivity contribution in [2.45, 2.75) is 162 Å². The second kappa shape index (κ2) is 29.6. The molecule has 1 atom stereocenters. The van der Waals surface area contributed by atoms with Crippen LogP contribution in [0, 0.1) is 5.92 Å². The summed E-state index contributed by atoms with van der Waals surface area (Å²) in [5.41, 5.74) is 0. The van der Waals surface area contributed by atoms with E-state index in [2.05, 4.69) is 76.2 Å². The number of carbonyl (C=O) groups excluding carboxylic acids is 1. The van der Waals surface area contributed by atoms with Crippen molar-refractivity contribution in [3.8, 4) is 0 Å². The van der Waals surface area contributed by atoms with Crippen LogP contribution in [0.25, 0.3) is 0 Å². The van der Waals surface area contributed by atoms with Gasteiger partial charge in [0.1, 0.15) is 6.10 Å². The van der Waals surface area contributed by atoms with E-state index in [-0.39, 0.29) is 12.1 Å². The molecule has 0 heterocycles. The lowest BCUT2D eigenvalue weighted by atomic mass is 9.88. The van der Waals surface area contributed by atoms with Crippen LogP contribution in [0.5, 0.6) is 0 Å². The van der Waals surface area contributed by atoms with Gasteiger partial charge in [-0.05, 0) is 116 Å². The van der Waals surface area contributed by atoms with Crippen LogP contribution in [-0.2, 0) is 9.53 Å². The number of hydrogen-bond donors (Lipinski definition) is 0. The quantitative estimate of drug-likeness (QED) is 0.0556. The van der Waals surface area contributed by atoms with Crippen LogP contribution in [0.4, 0.5) is 0 Å². The molecule has 0 saturated heterocycles. The minimum absolute atomic E-state index is 0.000830. The van der Waals surface area contributed by atoms with Crippen LogP contribution in [0.1, 0.15) is 156 Å². The van der Waals surface area contributed by atoms with Crippen LogP contribution in [0.2, 0.25) is 0 Å². The van der Waals surface area contributed by atoms with E-state index in [1.807, 2.05) is 0 Å². The third kappa shape index (κ3) is 26.6. The molecule has 0 aliphatic rings. The zero-order valence-electron chi connectivity index (χ0n) is 26.9. The molecule has 0 aromatic carbocycles. The van der Waals surface area contributed by atoms with E-state index in [4.69, 9.17) is 4.74 Å². The molecule has 0 aliphatic carbocycles. The SMILES string of the molecule is CCCCCC=CCCC(CCC=CCCCCC)C(CCC=CCCCCC)OC(=O)CCCCN(C)C. The van der Waals surface area contributed by atoms with Crippen molar-refractivity contribution in [1.82, 2.24) is 4.90 Å². The van der Waals surface area contributed by atoms with Crippen molar-refractivity contribution in [3.05, 3.63) is 36.5 Å². The second-order valence-electron chi connectivity index (χ2n) is 11.7. The standard InChI is InChI=1S/C36H67NO2/c1-6-9-12-15-18-21-24-29-34(30-25-22-19-16-13-10-7-2)35(31-26-23-20-17-14-11-8-3)39-36(38)32-27-28-33-37(4)5/h18-23,34-35H,6-17,24-33H2,1-5H3. The largest absolute Gasteiger partial charge is 0.462 e. The Morgan fingerprint density at radius 3 is 1.46 bits per heavy atom. The first-order valence-corrected chi connectivity index (χ1v) is 16.8. The predicted molar refractivity (Wildman–Crippen MR) is 173 cm³/mol. The summed E-state index contributed by atoms with van der Waals surface area (Å²) >= 11 is 0. The van der Waals surface area contributed by atoms with Gasteiger partial charge in [0.15, 0.2) is 0 Å². The normalized spacial score (nSPS) is 13.8. The summed E-state index contributed by atoms with van der Waals surface area (Å²) in [5.74, 6) is 0.422. The average molecular weight is 546 g/mol. The van der Waals surface area contributed by atoms with E-state index in [9.17, 15) is 4.79 Å². The van der Waals surface area contributed by atoms with Gasteiger partial charge in [-0.3, -0.25) is 4.79 Å². The van der Waals surface area contributed by atoms with Crippen LogP contribution in [-0.4, -0.2) is 37.6 Å². The van der Waals surface area contributed by atoms with Crippen molar-refractivity contribution < 1.29 is 9.53 Å². The number of rotatable bonds is 28. The van der Waals surface area contributed by atoms with Crippen LogP contribution in [0.3, 0.4) is 0 Å². The molecular formula is C36H67NO2. The molecule has 0 aromatic rings. The number of allylic oxidation sites excluding steroid dienone is 6. The van der Waals surface area contributed by atoms with E-state index >= 15 is 0 Å². The number of ether oxygens (including phenoxy) is 1. The maximum Gasteiger partial charge on any atom is 0.306 e. The summed E-state index contributed by atoms with van der Waals surface area (Å²) < 4.78 is 6.25. The highest BCUT2D eigenvalue weighted by Crippen LogP contribution is 2.26. The maximum absolute atomic E-state index is 12.9. The van der Waals surface area contributed by atoms with E-state index in [1.54, 1.807) is 0 Å². The molecule has 0 saturated carbocycles. The molecule has 0 aliphatic heterocycles. The van der Waals surface area contributed by atoms with Crippen molar-refractivity contribution in [3.63, 3.8) is 0 Å². The maximum atomic E-state index is 12.9. The van der Waals surface area contributed by atoms with Crippen LogP contribution < -0.4 is 0 Å². The first-order valence-electron chi connectivity index (χ1n) is 16.8. The summed E-state index contributed by atoms with van der Waals surface area (Å²) in [6.45, 7) is 7.80. The van der Waals surface area contributed by atoms with Gasteiger partial charge in [0, 0.05) is 6.42 Å². The van der Waals surface area contributed by atoms with Gasteiger partial charge in [0.25, 0.3) is 0 Å². The Morgan fingerprint density at radius 2 is 1.03 bits per heavy atom. The molecule has 0 amide bonds.